The number of hydrogen-bond acceptors (Lipinski definition) is 6. The molecule has 2 rings (SSSR count). The predicted octanol–water partition coefficient (Wildman–Crippen LogP) is 2.82. The monoisotopic (exact) mass is 432 g/mol. The van der Waals surface area contributed by atoms with Gasteiger partial charge >= 0.3 is 6.09 Å². The molecule has 0 bridgehead atoms. The Labute approximate surface area is 165 Å². The molecule has 2 aromatic rings. The highest BCUT2D eigenvalue weighted by Crippen LogP contribution is 2.27. The van der Waals surface area contributed by atoms with E-state index in [0.717, 1.165) is 19.2 Å². The van der Waals surface area contributed by atoms with Crippen LogP contribution in [0.15, 0.2) is 47.4 Å². The smallest absolute Gasteiger partial charge is 0.421 e. The number of halogens is 2. The molecule has 2 aromatic carbocycles. The van der Waals surface area contributed by atoms with E-state index in [1.807, 2.05) is 0 Å². The minimum Gasteiger partial charge on any atom is -0.482 e. The van der Waals surface area contributed by atoms with E-state index in [1.54, 1.807) is 0 Å². The number of sulfonamides is 1. The number of rotatable bonds is 5. The van der Waals surface area contributed by atoms with Crippen LogP contribution < -0.4 is 14.8 Å². The van der Waals surface area contributed by atoms with E-state index < -0.39 is 28.6 Å². The van der Waals surface area contributed by atoms with Gasteiger partial charge in [0, 0.05) is 5.02 Å². The molecule has 0 aliphatic heterocycles. The lowest BCUT2D eigenvalue weighted by Crippen LogP contribution is -2.40. The summed E-state index contributed by atoms with van der Waals surface area (Å²) in [5.74, 6) is -0.569. The number of nitrogens with two attached hydrogens (primary N) is 1. The number of methoxy groups -OCH3 is 1. The quantitative estimate of drug-likeness (QED) is 0.775. The molecule has 0 aliphatic carbocycles. The van der Waals surface area contributed by atoms with Crippen LogP contribution in [-0.4, -0.2) is 34.1 Å². The summed E-state index contributed by atoms with van der Waals surface area (Å²) in [6.45, 7) is -0.534. The second-order valence-corrected chi connectivity index (χ2v) is 7.51. The normalized spacial score (nSPS) is 11.0. The number of carbonyl (C=O) groups is 2. The topological polar surface area (TPSA) is 116 Å². The van der Waals surface area contributed by atoms with Gasteiger partial charge in [0.1, 0.15) is 5.75 Å². The minimum atomic E-state index is -3.92. The molecule has 2 amide bonds. The minimum absolute atomic E-state index is 0.0741. The number of benzene rings is 2. The fourth-order valence-electron chi connectivity index (χ4n) is 2.02. The molecule has 11 heteroatoms. The third-order valence-corrected chi connectivity index (χ3v) is 4.73. The van der Waals surface area contributed by atoms with Gasteiger partial charge in [-0.3, -0.25) is 4.79 Å². The Hall–Kier alpha value is -2.33. The third kappa shape index (κ3) is 5.33. The Morgan fingerprint density at radius 1 is 1.11 bits per heavy atom. The molecule has 2 N–H and O–H groups in total. The van der Waals surface area contributed by atoms with Gasteiger partial charge in [0.25, 0.3) is 5.91 Å². The van der Waals surface area contributed by atoms with Crippen molar-refractivity contribution in [3.63, 3.8) is 0 Å². The summed E-state index contributed by atoms with van der Waals surface area (Å²) in [5, 5.41) is 5.61. The van der Waals surface area contributed by atoms with Crippen LogP contribution in [-0.2, 0) is 19.6 Å². The van der Waals surface area contributed by atoms with Crippen molar-refractivity contribution in [1.82, 2.24) is 0 Å². The molecule has 0 radical (unpaired) electrons. The molecule has 0 fully saturated rings. The number of primary sulfonamides is 1. The van der Waals surface area contributed by atoms with Crippen LogP contribution in [0.25, 0.3) is 0 Å². The zero-order chi connectivity index (χ0) is 20.2. The number of nitrogens with zero attached hydrogens (tertiary/aromatic N) is 1. The van der Waals surface area contributed by atoms with Gasteiger partial charge in [-0.15, -0.1) is 0 Å². The molecule has 0 aromatic heterocycles. The maximum absolute atomic E-state index is 12.5. The average Bonchev–Trinajstić information content (AvgIpc) is 2.60. The van der Waals surface area contributed by atoms with Gasteiger partial charge in [-0.05, 0) is 42.5 Å². The maximum atomic E-state index is 12.5. The SMILES string of the molecule is COC(=O)N(C(=O)COc1ccc(Cl)cc1Cl)c1ccc(S(N)(=O)=O)cc1. The lowest BCUT2D eigenvalue weighted by molar-refractivity contribution is -0.120. The number of hydrogen-bond donors (Lipinski definition) is 1. The van der Waals surface area contributed by atoms with E-state index in [0.29, 0.717) is 9.92 Å². The van der Waals surface area contributed by atoms with Crippen LogP contribution in [0.4, 0.5) is 10.5 Å². The molecule has 0 spiro atoms. The number of ether oxygens (including phenoxy) is 2. The van der Waals surface area contributed by atoms with Crippen LogP contribution in [0.3, 0.4) is 0 Å². The van der Waals surface area contributed by atoms with Gasteiger partial charge in [0.15, 0.2) is 6.61 Å². The molecular weight excluding hydrogens is 419 g/mol. The van der Waals surface area contributed by atoms with Crippen molar-refractivity contribution in [2.24, 2.45) is 5.14 Å². The number of amides is 2. The molecule has 0 saturated carbocycles. The van der Waals surface area contributed by atoms with Crippen LogP contribution >= 0.6 is 23.2 Å². The fraction of sp³-hybridized carbons (Fsp3) is 0.125. The lowest BCUT2D eigenvalue weighted by Gasteiger charge is -2.20. The fourth-order valence-corrected chi connectivity index (χ4v) is 3.00. The molecule has 0 unspecified atom stereocenters. The Bertz CT molecular complexity index is 963. The Kier molecular flexibility index (Phi) is 6.66. The van der Waals surface area contributed by atoms with Gasteiger partial charge in [-0.1, -0.05) is 23.2 Å². The Morgan fingerprint density at radius 2 is 1.74 bits per heavy atom. The third-order valence-electron chi connectivity index (χ3n) is 3.28. The first kappa shape index (κ1) is 21.0. The van der Waals surface area contributed by atoms with Crippen molar-refractivity contribution in [2.45, 2.75) is 4.90 Å². The summed E-state index contributed by atoms with van der Waals surface area (Å²) in [6.07, 6.45) is -0.978. The van der Waals surface area contributed by atoms with E-state index >= 15 is 0 Å². The van der Waals surface area contributed by atoms with E-state index in [2.05, 4.69) is 4.74 Å². The van der Waals surface area contributed by atoms with Gasteiger partial charge in [0.05, 0.1) is 22.7 Å². The molecule has 0 atom stereocenters. The lowest BCUT2D eigenvalue weighted by atomic mass is 10.3. The molecular formula is C16H14Cl2N2O6S. The first-order chi connectivity index (χ1) is 12.6. The van der Waals surface area contributed by atoms with E-state index in [9.17, 15) is 18.0 Å². The van der Waals surface area contributed by atoms with Crippen LogP contribution in [0.5, 0.6) is 5.75 Å². The zero-order valence-corrected chi connectivity index (χ0v) is 16.2. The Balaban J connectivity index is 2.22. The zero-order valence-electron chi connectivity index (χ0n) is 13.9. The molecule has 0 aliphatic rings. The van der Waals surface area contributed by atoms with Crippen molar-refractivity contribution in [2.75, 3.05) is 18.6 Å². The molecule has 8 nitrogen and oxygen atoms in total. The van der Waals surface area contributed by atoms with Crippen LogP contribution in [0, 0.1) is 0 Å². The molecule has 0 saturated heterocycles. The maximum Gasteiger partial charge on any atom is 0.421 e. The van der Waals surface area contributed by atoms with Crippen molar-refractivity contribution in [3.05, 3.63) is 52.5 Å². The van der Waals surface area contributed by atoms with E-state index in [-0.39, 0.29) is 21.4 Å². The van der Waals surface area contributed by atoms with Crippen LogP contribution in [0.2, 0.25) is 10.0 Å². The largest absolute Gasteiger partial charge is 0.482 e. The number of imide groups is 1. The number of carbonyl (C=O) groups excluding carboxylic acids is 2. The summed E-state index contributed by atoms with van der Waals surface area (Å²) in [5.41, 5.74) is 0.0741. The van der Waals surface area contributed by atoms with E-state index in [4.69, 9.17) is 33.1 Å². The van der Waals surface area contributed by atoms with Crippen molar-refractivity contribution in [3.8, 4) is 5.75 Å². The van der Waals surface area contributed by atoms with Crippen molar-refractivity contribution >= 4 is 50.9 Å². The first-order valence-corrected chi connectivity index (χ1v) is 9.55. The summed E-state index contributed by atoms with van der Waals surface area (Å²) in [7, 11) is -2.82. The van der Waals surface area contributed by atoms with Gasteiger partial charge in [-0.25, -0.2) is 23.3 Å². The standard InChI is InChI=1S/C16H14Cl2N2O6S/c1-25-16(22)20(11-3-5-12(6-4-11)27(19,23)24)15(21)9-26-14-7-2-10(17)8-13(14)18/h2-8H,9H2,1H3,(H2,19,23,24). The van der Waals surface area contributed by atoms with Gasteiger partial charge in [-0.2, -0.15) is 0 Å². The Morgan fingerprint density at radius 3 is 2.26 bits per heavy atom. The van der Waals surface area contributed by atoms with Gasteiger partial charge < -0.3 is 9.47 Å². The first-order valence-electron chi connectivity index (χ1n) is 7.25. The van der Waals surface area contributed by atoms with Gasteiger partial charge in [0.2, 0.25) is 10.0 Å². The van der Waals surface area contributed by atoms with Crippen molar-refractivity contribution < 1.29 is 27.5 Å². The summed E-state index contributed by atoms with van der Waals surface area (Å²) in [6, 6.07) is 9.23. The predicted molar refractivity (Wildman–Crippen MR) is 99.7 cm³/mol. The second kappa shape index (κ2) is 8.57. The van der Waals surface area contributed by atoms with E-state index in [1.165, 1.54) is 30.3 Å². The average molecular weight is 433 g/mol. The highest BCUT2D eigenvalue weighted by Gasteiger charge is 2.25. The summed E-state index contributed by atoms with van der Waals surface area (Å²) < 4.78 is 32.6. The summed E-state index contributed by atoms with van der Waals surface area (Å²) >= 11 is 11.8. The molecule has 144 valence electrons. The van der Waals surface area contributed by atoms with Crippen LogP contribution in [0.1, 0.15) is 0 Å². The van der Waals surface area contributed by atoms with Crippen molar-refractivity contribution in [1.29, 1.82) is 0 Å². The number of anilines is 1. The highest BCUT2D eigenvalue weighted by atomic mass is 35.5. The second-order valence-electron chi connectivity index (χ2n) is 5.10. The summed E-state index contributed by atoms with van der Waals surface area (Å²) in [4.78, 5) is 25.0. The molecule has 0 heterocycles. The highest BCUT2D eigenvalue weighted by molar-refractivity contribution is 7.89. The molecule has 27 heavy (non-hydrogen) atoms.